The highest BCUT2D eigenvalue weighted by Gasteiger charge is 2.55. The van der Waals surface area contributed by atoms with E-state index in [1.54, 1.807) is 24.3 Å². The van der Waals surface area contributed by atoms with Crippen molar-refractivity contribution in [3.05, 3.63) is 53.1 Å². The van der Waals surface area contributed by atoms with E-state index < -0.39 is 15.3 Å². The molecule has 2 aliphatic heterocycles. The molecular formula is C26H31ClN2O5S. The SMILES string of the molecule is C[C@@H](COc1ccc(S(C)(=O)=O)cc1)N1CCC2(CC1)C(=O)N(C1CC(O)C1)c1ccc(Cl)cc12. The van der Waals surface area contributed by atoms with Gasteiger partial charge in [-0.3, -0.25) is 9.69 Å². The molecule has 1 atom stereocenters. The third-order valence-electron chi connectivity index (χ3n) is 7.83. The number of anilines is 1. The Morgan fingerprint density at radius 3 is 2.40 bits per heavy atom. The fourth-order valence-electron chi connectivity index (χ4n) is 5.62. The first-order chi connectivity index (χ1) is 16.6. The number of amides is 1. The summed E-state index contributed by atoms with van der Waals surface area (Å²) in [7, 11) is -3.23. The number of hydrogen-bond donors (Lipinski definition) is 1. The smallest absolute Gasteiger partial charge is 0.238 e. The number of carbonyl (C=O) groups is 1. The first kappa shape index (κ1) is 24.6. The van der Waals surface area contributed by atoms with Gasteiger partial charge in [-0.2, -0.15) is 0 Å². The fourth-order valence-corrected chi connectivity index (χ4v) is 6.43. The summed E-state index contributed by atoms with van der Waals surface area (Å²) < 4.78 is 29.2. The standard InChI is InChI=1S/C26H31ClN2O5S/c1-17(16-34-21-4-6-22(7-5-21)35(2,32)33)28-11-9-26(10-12-28)23-13-18(27)3-8-24(23)29(25(26)31)19-14-20(30)15-19/h3-8,13,17,19-20,30H,9-12,14-16H2,1-2H3/t17-,19?,20?/m0/s1. The normalized spacial score (nSPS) is 24.8. The van der Waals surface area contributed by atoms with Crippen LogP contribution in [0.1, 0.15) is 38.2 Å². The van der Waals surface area contributed by atoms with E-state index >= 15 is 0 Å². The Bertz CT molecular complexity index is 1220. The van der Waals surface area contributed by atoms with E-state index in [1.807, 2.05) is 23.1 Å². The number of sulfone groups is 1. The van der Waals surface area contributed by atoms with Gasteiger partial charge in [-0.05, 0) is 93.7 Å². The topological polar surface area (TPSA) is 87.2 Å². The maximum Gasteiger partial charge on any atom is 0.238 e. The third-order valence-corrected chi connectivity index (χ3v) is 9.20. The predicted molar refractivity (Wildman–Crippen MR) is 135 cm³/mol. The van der Waals surface area contributed by atoms with Crippen LogP contribution in [0.25, 0.3) is 0 Å². The van der Waals surface area contributed by atoms with Gasteiger partial charge < -0.3 is 14.7 Å². The van der Waals surface area contributed by atoms with Crippen LogP contribution in [-0.2, 0) is 20.0 Å². The van der Waals surface area contributed by atoms with E-state index in [2.05, 4.69) is 11.8 Å². The summed E-state index contributed by atoms with van der Waals surface area (Å²) in [6, 6.07) is 12.4. The van der Waals surface area contributed by atoms with Gasteiger partial charge in [-0.25, -0.2) is 8.42 Å². The van der Waals surface area contributed by atoms with Crippen LogP contribution in [0.3, 0.4) is 0 Å². The van der Waals surface area contributed by atoms with Crippen molar-refractivity contribution in [2.75, 3.05) is 30.9 Å². The van der Waals surface area contributed by atoms with Gasteiger partial charge in [0.15, 0.2) is 9.84 Å². The number of halogens is 1. The van der Waals surface area contributed by atoms with Crippen molar-refractivity contribution in [2.24, 2.45) is 0 Å². The lowest BCUT2D eigenvalue weighted by Gasteiger charge is -2.43. The molecule has 35 heavy (non-hydrogen) atoms. The van der Waals surface area contributed by atoms with E-state index in [-0.39, 0.29) is 29.0 Å². The largest absolute Gasteiger partial charge is 0.492 e. The van der Waals surface area contributed by atoms with Crippen LogP contribution in [0.5, 0.6) is 5.75 Å². The van der Waals surface area contributed by atoms with E-state index in [1.165, 1.54) is 6.26 Å². The predicted octanol–water partition coefficient (Wildman–Crippen LogP) is 3.41. The van der Waals surface area contributed by atoms with Gasteiger partial charge in [-0.15, -0.1) is 0 Å². The second kappa shape index (κ2) is 9.07. The summed E-state index contributed by atoms with van der Waals surface area (Å²) in [6.45, 7) is 4.09. The minimum Gasteiger partial charge on any atom is -0.492 e. The number of rotatable bonds is 6. The summed E-state index contributed by atoms with van der Waals surface area (Å²) >= 11 is 6.35. The summed E-state index contributed by atoms with van der Waals surface area (Å²) in [4.78, 5) is 18.3. The number of aliphatic hydroxyl groups is 1. The Morgan fingerprint density at radius 1 is 1.14 bits per heavy atom. The number of ether oxygens (including phenoxy) is 1. The van der Waals surface area contributed by atoms with Crippen molar-refractivity contribution in [3.8, 4) is 5.75 Å². The van der Waals surface area contributed by atoms with Crippen LogP contribution < -0.4 is 9.64 Å². The van der Waals surface area contributed by atoms with E-state index in [0.717, 1.165) is 24.3 Å². The van der Waals surface area contributed by atoms with Crippen molar-refractivity contribution < 1.29 is 23.1 Å². The maximum absolute atomic E-state index is 13.8. The number of nitrogens with zero attached hydrogens (tertiary/aromatic N) is 2. The highest BCUT2D eigenvalue weighted by atomic mass is 35.5. The van der Waals surface area contributed by atoms with Gasteiger partial charge in [0.2, 0.25) is 5.91 Å². The molecule has 0 unspecified atom stereocenters. The molecule has 188 valence electrons. The van der Waals surface area contributed by atoms with Crippen LogP contribution in [0.4, 0.5) is 5.69 Å². The van der Waals surface area contributed by atoms with Crippen molar-refractivity contribution in [3.63, 3.8) is 0 Å². The van der Waals surface area contributed by atoms with Crippen molar-refractivity contribution in [1.82, 2.24) is 4.90 Å². The quantitative estimate of drug-likeness (QED) is 0.630. The van der Waals surface area contributed by atoms with Gasteiger partial charge in [0.25, 0.3) is 0 Å². The van der Waals surface area contributed by atoms with Crippen LogP contribution in [0.15, 0.2) is 47.4 Å². The van der Waals surface area contributed by atoms with Crippen LogP contribution in [-0.4, -0.2) is 68.5 Å². The van der Waals surface area contributed by atoms with Gasteiger partial charge in [-0.1, -0.05) is 11.6 Å². The van der Waals surface area contributed by atoms with E-state index in [0.29, 0.717) is 43.1 Å². The minimum absolute atomic E-state index is 0.0521. The van der Waals surface area contributed by atoms with E-state index in [4.69, 9.17) is 16.3 Å². The third kappa shape index (κ3) is 4.46. The first-order valence-electron chi connectivity index (χ1n) is 12.1. The molecule has 0 aromatic heterocycles. The molecule has 1 amide bonds. The minimum atomic E-state index is -3.23. The molecule has 3 aliphatic rings. The average molecular weight is 519 g/mol. The van der Waals surface area contributed by atoms with Crippen molar-refractivity contribution in [2.45, 2.75) is 61.1 Å². The summed E-state index contributed by atoms with van der Waals surface area (Å²) in [5, 5.41) is 10.5. The summed E-state index contributed by atoms with van der Waals surface area (Å²) in [6.07, 6.45) is 3.51. The zero-order chi connectivity index (χ0) is 25.0. The molecule has 9 heteroatoms. The van der Waals surface area contributed by atoms with Crippen LogP contribution >= 0.6 is 11.6 Å². The summed E-state index contributed by atoms with van der Waals surface area (Å²) in [5.41, 5.74) is 1.39. The lowest BCUT2D eigenvalue weighted by atomic mass is 9.73. The lowest BCUT2D eigenvalue weighted by molar-refractivity contribution is -0.126. The molecule has 1 aliphatic carbocycles. The molecule has 2 aromatic carbocycles. The Balaban J connectivity index is 1.25. The number of fused-ring (bicyclic) bond motifs is 2. The molecular weight excluding hydrogens is 488 g/mol. The number of aliphatic hydroxyl groups excluding tert-OH is 1. The molecule has 7 nitrogen and oxygen atoms in total. The zero-order valence-electron chi connectivity index (χ0n) is 20.0. The first-order valence-corrected chi connectivity index (χ1v) is 14.3. The second-order valence-corrected chi connectivity index (χ2v) is 12.6. The van der Waals surface area contributed by atoms with Gasteiger partial charge >= 0.3 is 0 Å². The van der Waals surface area contributed by atoms with Gasteiger partial charge in [0.1, 0.15) is 12.4 Å². The van der Waals surface area contributed by atoms with Crippen molar-refractivity contribution in [1.29, 1.82) is 0 Å². The molecule has 2 heterocycles. The Hall–Kier alpha value is -2.13. The van der Waals surface area contributed by atoms with Crippen LogP contribution in [0, 0.1) is 0 Å². The molecule has 0 bridgehead atoms. The van der Waals surface area contributed by atoms with Crippen LogP contribution in [0.2, 0.25) is 5.02 Å². The Kier molecular flexibility index (Phi) is 6.36. The molecule has 1 N–H and O–H groups in total. The molecule has 1 spiro atoms. The van der Waals surface area contributed by atoms with Gasteiger partial charge in [0, 0.05) is 29.0 Å². The molecule has 2 fully saturated rings. The maximum atomic E-state index is 13.8. The molecule has 5 rings (SSSR count). The number of hydrogen-bond acceptors (Lipinski definition) is 6. The zero-order valence-corrected chi connectivity index (χ0v) is 21.6. The number of piperidine rings is 1. The molecule has 1 saturated heterocycles. The highest BCUT2D eigenvalue weighted by molar-refractivity contribution is 7.90. The number of carbonyl (C=O) groups excluding carboxylic acids is 1. The lowest BCUT2D eigenvalue weighted by Crippen LogP contribution is -2.55. The number of benzene rings is 2. The molecule has 0 radical (unpaired) electrons. The Labute approximate surface area is 211 Å². The molecule has 1 saturated carbocycles. The van der Waals surface area contributed by atoms with Gasteiger partial charge in [0.05, 0.1) is 16.4 Å². The molecule has 2 aromatic rings. The highest BCUT2D eigenvalue weighted by Crippen LogP contribution is 2.51. The average Bonchev–Trinajstić information content (AvgIpc) is 3.03. The Morgan fingerprint density at radius 2 is 1.80 bits per heavy atom. The van der Waals surface area contributed by atoms with E-state index in [9.17, 15) is 18.3 Å². The second-order valence-electron chi connectivity index (χ2n) is 10.1. The monoisotopic (exact) mass is 518 g/mol. The summed E-state index contributed by atoms with van der Waals surface area (Å²) in [5.74, 6) is 0.770. The van der Waals surface area contributed by atoms with Crippen molar-refractivity contribution >= 4 is 33.0 Å². The number of likely N-dealkylation sites (tertiary alicyclic amines) is 1. The fraction of sp³-hybridized carbons (Fsp3) is 0.500.